The van der Waals surface area contributed by atoms with Crippen molar-refractivity contribution >= 4 is 12.0 Å². The van der Waals surface area contributed by atoms with Gasteiger partial charge in [0, 0.05) is 19.1 Å². The molecule has 1 aliphatic heterocycles. The Labute approximate surface area is 115 Å². The van der Waals surface area contributed by atoms with Gasteiger partial charge in [0.2, 0.25) is 0 Å². The highest BCUT2D eigenvalue weighted by Gasteiger charge is 2.33. The summed E-state index contributed by atoms with van der Waals surface area (Å²) in [6.07, 6.45) is 2.52. The monoisotopic (exact) mass is 270 g/mol. The molecule has 5 heteroatoms. The molecule has 0 radical (unpaired) electrons. The molecule has 0 bridgehead atoms. The molecule has 1 heterocycles. The minimum atomic E-state index is -0.887. The fourth-order valence-corrected chi connectivity index (χ4v) is 2.43. The summed E-state index contributed by atoms with van der Waals surface area (Å²) in [6.45, 7) is 8.67. The smallest absolute Gasteiger partial charge is 0.317 e. The molecular formula is C14H26N2O3. The summed E-state index contributed by atoms with van der Waals surface area (Å²) in [5, 5.41) is 12.0. The summed E-state index contributed by atoms with van der Waals surface area (Å²) in [5.74, 6) is -0.213. The lowest BCUT2D eigenvalue weighted by molar-refractivity contribution is -0.147. The number of carboxylic acids is 1. The first kappa shape index (κ1) is 15.8. The molecule has 19 heavy (non-hydrogen) atoms. The summed E-state index contributed by atoms with van der Waals surface area (Å²) in [5.41, 5.74) is -0.887. The Hall–Kier alpha value is -1.26. The van der Waals surface area contributed by atoms with Crippen molar-refractivity contribution in [2.75, 3.05) is 13.1 Å². The van der Waals surface area contributed by atoms with E-state index in [-0.39, 0.29) is 18.6 Å². The summed E-state index contributed by atoms with van der Waals surface area (Å²) in [6, 6.07) is 0.0850. The molecule has 3 atom stereocenters. The van der Waals surface area contributed by atoms with Gasteiger partial charge in [-0.25, -0.2) is 4.79 Å². The zero-order chi connectivity index (χ0) is 14.6. The Balaban J connectivity index is 2.53. The van der Waals surface area contributed by atoms with Crippen LogP contribution in [-0.2, 0) is 4.79 Å². The molecule has 2 amide bonds. The number of amides is 2. The van der Waals surface area contributed by atoms with Crippen LogP contribution in [0.1, 0.15) is 47.0 Å². The highest BCUT2D eigenvalue weighted by atomic mass is 16.4. The summed E-state index contributed by atoms with van der Waals surface area (Å²) < 4.78 is 0. The first-order valence-corrected chi connectivity index (χ1v) is 7.08. The lowest BCUT2D eigenvalue weighted by Crippen LogP contribution is -2.51. The largest absolute Gasteiger partial charge is 0.481 e. The van der Waals surface area contributed by atoms with E-state index < -0.39 is 11.4 Å². The van der Waals surface area contributed by atoms with Crippen molar-refractivity contribution in [3.05, 3.63) is 0 Å². The first-order chi connectivity index (χ1) is 8.80. The molecule has 1 fully saturated rings. The van der Waals surface area contributed by atoms with Crippen molar-refractivity contribution in [1.82, 2.24) is 10.2 Å². The predicted octanol–water partition coefficient (Wildman–Crippen LogP) is 2.32. The molecule has 0 spiro atoms. The molecule has 1 aliphatic rings. The van der Waals surface area contributed by atoms with E-state index in [1.54, 1.807) is 6.92 Å². The standard InChI is InChI=1S/C14H26N2O3/c1-5-14(4,12(17)18)9-15-13(19)16-7-6-10(2)8-11(16)3/h10-11H,5-9H2,1-4H3,(H,15,19)(H,17,18). The van der Waals surface area contributed by atoms with Gasteiger partial charge in [0.15, 0.2) is 0 Å². The Morgan fingerprint density at radius 1 is 1.42 bits per heavy atom. The third-order valence-electron chi connectivity index (χ3n) is 4.33. The Kier molecular flexibility index (Phi) is 5.20. The molecule has 2 N–H and O–H groups in total. The van der Waals surface area contributed by atoms with Gasteiger partial charge in [-0.2, -0.15) is 0 Å². The van der Waals surface area contributed by atoms with Crippen molar-refractivity contribution in [2.24, 2.45) is 11.3 Å². The van der Waals surface area contributed by atoms with E-state index in [0.717, 1.165) is 19.4 Å². The van der Waals surface area contributed by atoms with Gasteiger partial charge in [0.05, 0.1) is 5.41 Å². The average molecular weight is 270 g/mol. The van der Waals surface area contributed by atoms with Crippen molar-refractivity contribution in [3.63, 3.8) is 0 Å². The molecule has 0 aromatic rings. The zero-order valence-corrected chi connectivity index (χ0v) is 12.4. The lowest BCUT2D eigenvalue weighted by atomic mass is 9.88. The maximum absolute atomic E-state index is 12.1. The molecular weight excluding hydrogens is 244 g/mol. The van der Waals surface area contributed by atoms with Crippen LogP contribution in [0.25, 0.3) is 0 Å². The molecule has 0 aromatic heterocycles. The van der Waals surface area contributed by atoms with Crippen LogP contribution in [0.3, 0.4) is 0 Å². The fraction of sp³-hybridized carbons (Fsp3) is 0.857. The molecule has 5 nitrogen and oxygen atoms in total. The molecule has 110 valence electrons. The van der Waals surface area contributed by atoms with Crippen molar-refractivity contribution in [2.45, 2.75) is 53.0 Å². The van der Waals surface area contributed by atoms with Crippen LogP contribution in [0.5, 0.6) is 0 Å². The first-order valence-electron chi connectivity index (χ1n) is 7.08. The summed E-state index contributed by atoms with van der Waals surface area (Å²) >= 11 is 0. The van der Waals surface area contributed by atoms with Gasteiger partial charge < -0.3 is 15.3 Å². The second kappa shape index (κ2) is 6.26. The topological polar surface area (TPSA) is 69.6 Å². The fourth-order valence-electron chi connectivity index (χ4n) is 2.43. The van der Waals surface area contributed by atoms with E-state index in [4.69, 9.17) is 0 Å². The van der Waals surface area contributed by atoms with Crippen LogP contribution >= 0.6 is 0 Å². The zero-order valence-electron chi connectivity index (χ0n) is 12.4. The SMILES string of the molecule is CCC(C)(CNC(=O)N1CCC(C)CC1C)C(=O)O. The molecule has 3 unspecified atom stereocenters. The number of rotatable bonds is 4. The highest BCUT2D eigenvalue weighted by molar-refractivity contribution is 5.78. The number of aliphatic carboxylic acids is 1. The van der Waals surface area contributed by atoms with Crippen molar-refractivity contribution in [1.29, 1.82) is 0 Å². The maximum atomic E-state index is 12.1. The average Bonchev–Trinajstić information content (AvgIpc) is 2.35. The number of likely N-dealkylation sites (tertiary alicyclic amines) is 1. The molecule has 0 saturated carbocycles. The van der Waals surface area contributed by atoms with E-state index in [1.165, 1.54) is 0 Å². The second-order valence-corrected chi connectivity index (χ2v) is 6.05. The Morgan fingerprint density at radius 3 is 2.53 bits per heavy atom. The van der Waals surface area contributed by atoms with E-state index in [0.29, 0.717) is 12.3 Å². The molecule has 0 aromatic carbocycles. The Bertz CT molecular complexity index is 346. The van der Waals surface area contributed by atoms with Gasteiger partial charge in [0.25, 0.3) is 0 Å². The van der Waals surface area contributed by atoms with Crippen LogP contribution in [-0.4, -0.2) is 41.1 Å². The van der Waals surface area contributed by atoms with Gasteiger partial charge in [-0.05, 0) is 39.0 Å². The molecule has 0 aliphatic carbocycles. The lowest BCUT2D eigenvalue weighted by Gasteiger charge is -2.37. The highest BCUT2D eigenvalue weighted by Crippen LogP contribution is 2.23. The number of hydrogen-bond acceptors (Lipinski definition) is 2. The number of carbonyl (C=O) groups is 2. The van der Waals surface area contributed by atoms with E-state index >= 15 is 0 Å². The summed E-state index contributed by atoms with van der Waals surface area (Å²) in [7, 11) is 0. The minimum Gasteiger partial charge on any atom is -0.481 e. The van der Waals surface area contributed by atoms with Gasteiger partial charge in [-0.1, -0.05) is 13.8 Å². The third-order valence-corrected chi connectivity index (χ3v) is 4.33. The van der Waals surface area contributed by atoms with Crippen LogP contribution in [0.4, 0.5) is 4.79 Å². The van der Waals surface area contributed by atoms with Gasteiger partial charge in [-0.3, -0.25) is 4.79 Å². The summed E-state index contributed by atoms with van der Waals surface area (Å²) in [4.78, 5) is 25.1. The van der Waals surface area contributed by atoms with Crippen LogP contribution in [0, 0.1) is 11.3 Å². The number of hydrogen-bond donors (Lipinski definition) is 2. The Morgan fingerprint density at radius 2 is 2.05 bits per heavy atom. The minimum absolute atomic E-state index is 0.139. The molecule has 1 saturated heterocycles. The normalized spacial score (nSPS) is 26.6. The second-order valence-electron chi connectivity index (χ2n) is 6.05. The van der Waals surface area contributed by atoms with Gasteiger partial charge in [-0.15, -0.1) is 0 Å². The van der Waals surface area contributed by atoms with Crippen LogP contribution < -0.4 is 5.32 Å². The van der Waals surface area contributed by atoms with Gasteiger partial charge >= 0.3 is 12.0 Å². The maximum Gasteiger partial charge on any atom is 0.317 e. The van der Waals surface area contributed by atoms with Crippen LogP contribution in [0.15, 0.2) is 0 Å². The predicted molar refractivity (Wildman–Crippen MR) is 74.0 cm³/mol. The van der Waals surface area contributed by atoms with E-state index in [2.05, 4.69) is 12.2 Å². The van der Waals surface area contributed by atoms with Crippen LogP contribution in [0.2, 0.25) is 0 Å². The van der Waals surface area contributed by atoms with E-state index in [9.17, 15) is 14.7 Å². The van der Waals surface area contributed by atoms with E-state index in [1.807, 2.05) is 18.7 Å². The quantitative estimate of drug-likeness (QED) is 0.823. The number of urea groups is 1. The van der Waals surface area contributed by atoms with Crippen molar-refractivity contribution < 1.29 is 14.7 Å². The van der Waals surface area contributed by atoms with Gasteiger partial charge in [0.1, 0.15) is 0 Å². The number of nitrogens with zero attached hydrogens (tertiary/aromatic N) is 1. The number of carboxylic acid groups (broad SMARTS) is 1. The number of nitrogens with one attached hydrogen (secondary N) is 1. The molecule has 1 rings (SSSR count). The number of carbonyl (C=O) groups excluding carboxylic acids is 1. The third kappa shape index (κ3) is 3.85. The van der Waals surface area contributed by atoms with Crippen molar-refractivity contribution in [3.8, 4) is 0 Å². The number of piperidine rings is 1.